The molecule has 31 heavy (non-hydrogen) atoms. The first-order chi connectivity index (χ1) is 14.6. The van der Waals surface area contributed by atoms with Crippen molar-refractivity contribution in [3.05, 3.63) is 64.7 Å². The molecule has 7 nitrogen and oxygen atoms in total. The van der Waals surface area contributed by atoms with Crippen LogP contribution < -0.4 is 9.62 Å². The van der Waals surface area contributed by atoms with E-state index >= 15 is 0 Å². The minimum atomic E-state index is -3.62. The summed E-state index contributed by atoms with van der Waals surface area (Å²) in [4.78, 5) is 26.2. The lowest BCUT2D eigenvalue weighted by Gasteiger charge is -2.23. The Hall–Kier alpha value is -2.87. The quantitative estimate of drug-likeness (QED) is 0.679. The van der Waals surface area contributed by atoms with Crippen molar-refractivity contribution < 1.29 is 18.0 Å². The number of rotatable bonds is 8. The van der Waals surface area contributed by atoms with Crippen LogP contribution in [-0.2, 0) is 32.7 Å². The van der Waals surface area contributed by atoms with Crippen molar-refractivity contribution in [2.45, 2.75) is 39.8 Å². The number of carbonyl (C=O) groups is 2. The van der Waals surface area contributed by atoms with Crippen molar-refractivity contribution in [2.75, 3.05) is 23.7 Å². The SMILES string of the molecule is Cc1cc(C)cc(N(CC(=O)NCc2cccc(CN3CCCC3=O)c2)S(C)(=O)=O)c1. The first kappa shape index (κ1) is 22.8. The fraction of sp³-hybridized carbons (Fsp3) is 0.391. The smallest absolute Gasteiger partial charge is 0.241 e. The van der Waals surface area contributed by atoms with E-state index in [9.17, 15) is 18.0 Å². The molecule has 0 bridgehead atoms. The molecule has 1 aliphatic rings. The summed E-state index contributed by atoms with van der Waals surface area (Å²) in [6.45, 7) is 5.11. The van der Waals surface area contributed by atoms with E-state index in [0.717, 1.165) is 45.8 Å². The molecule has 1 saturated heterocycles. The Kier molecular flexibility index (Phi) is 7.00. The number of likely N-dealkylation sites (tertiary alicyclic amines) is 1. The Morgan fingerprint density at radius 1 is 1.10 bits per heavy atom. The van der Waals surface area contributed by atoms with E-state index < -0.39 is 10.0 Å². The molecule has 1 aliphatic heterocycles. The predicted octanol–water partition coefficient (Wildman–Crippen LogP) is 2.51. The number of anilines is 1. The van der Waals surface area contributed by atoms with Crippen molar-refractivity contribution >= 4 is 27.5 Å². The van der Waals surface area contributed by atoms with Gasteiger partial charge < -0.3 is 10.2 Å². The van der Waals surface area contributed by atoms with Crippen LogP contribution in [0.15, 0.2) is 42.5 Å². The number of hydrogen-bond donors (Lipinski definition) is 1. The normalized spacial score (nSPS) is 14.0. The van der Waals surface area contributed by atoms with E-state index in [1.165, 1.54) is 0 Å². The van der Waals surface area contributed by atoms with Gasteiger partial charge in [-0.2, -0.15) is 0 Å². The van der Waals surface area contributed by atoms with Gasteiger partial charge in [-0.3, -0.25) is 13.9 Å². The second kappa shape index (κ2) is 9.51. The van der Waals surface area contributed by atoms with Gasteiger partial charge in [0.15, 0.2) is 0 Å². The van der Waals surface area contributed by atoms with E-state index in [1.807, 2.05) is 49.1 Å². The van der Waals surface area contributed by atoms with Crippen LogP contribution in [0.5, 0.6) is 0 Å². The number of amides is 2. The largest absolute Gasteiger partial charge is 0.350 e. The Labute approximate surface area is 184 Å². The summed E-state index contributed by atoms with van der Waals surface area (Å²) < 4.78 is 25.8. The van der Waals surface area contributed by atoms with Crippen LogP contribution in [-0.4, -0.2) is 44.5 Å². The van der Waals surface area contributed by atoms with E-state index in [0.29, 0.717) is 18.7 Å². The minimum Gasteiger partial charge on any atom is -0.350 e. The number of benzene rings is 2. The summed E-state index contributed by atoms with van der Waals surface area (Å²) in [5, 5.41) is 2.80. The lowest BCUT2D eigenvalue weighted by Crippen LogP contribution is -2.40. The highest BCUT2D eigenvalue weighted by molar-refractivity contribution is 7.92. The molecule has 0 spiro atoms. The highest BCUT2D eigenvalue weighted by Crippen LogP contribution is 2.21. The average Bonchev–Trinajstić information content (AvgIpc) is 3.07. The molecule has 2 aromatic carbocycles. The van der Waals surface area contributed by atoms with Gasteiger partial charge in [-0.15, -0.1) is 0 Å². The van der Waals surface area contributed by atoms with Crippen LogP contribution in [0.2, 0.25) is 0 Å². The zero-order valence-corrected chi connectivity index (χ0v) is 19.0. The first-order valence-corrected chi connectivity index (χ1v) is 12.1. The molecule has 0 unspecified atom stereocenters. The van der Waals surface area contributed by atoms with Gasteiger partial charge >= 0.3 is 0 Å². The van der Waals surface area contributed by atoms with Crippen LogP contribution in [0.1, 0.15) is 35.1 Å². The molecule has 0 atom stereocenters. The van der Waals surface area contributed by atoms with E-state index in [-0.39, 0.29) is 24.9 Å². The summed E-state index contributed by atoms with van der Waals surface area (Å²) in [5.41, 5.74) is 4.24. The van der Waals surface area contributed by atoms with Gasteiger partial charge in [0.1, 0.15) is 6.54 Å². The fourth-order valence-corrected chi connectivity index (χ4v) is 4.65. The first-order valence-electron chi connectivity index (χ1n) is 10.3. The van der Waals surface area contributed by atoms with Crippen molar-refractivity contribution in [1.82, 2.24) is 10.2 Å². The average molecular weight is 444 g/mol. The van der Waals surface area contributed by atoms with Crippen LogP contribution in [0, 0.1) is 13.8 Å². The molecule has 8 heteroatoms. The van der Waals surface area contributed by atoms with Crippen LogP contribution in [0.3, 0.4) is 0 Å². The number of hydrogen-bond acceptors (Lipinski definition) is 4. The number of carbonyl (C=O) groups excluding carboxylic acids is 2. The second-order valence-corrected chi connectivity index (χ2v) is 10.0. The lowest BCUT2D eigenvalue weighted by molar-refractivity contribution is -0.128. The maximum atomic E-state index is 12.6. The third kappa shape index (κ3) is 6.30. The Morgan fingerprint density at radius 2 is 1.77 bits per heavy atom. The zero-order valence-electron chi connectivity index (χ0n) is 18.2. The third-order valence-electron chi connectivity index (χ3n) is 5.21. The van der Waals surface area contributed by atoms with Gasteiger partial charge in [-0.05, 0) is 54.7 Å². The van der Waals surface area contributed by atoms with Crippen LogP contribution >= 0.6 is 0 Å². The van der Waals surface area contributed by atoms with Gasteiger partial charge in [-0.25, -0.2) is 8.42 Å². The van der Waals surface area contributed by atoms with E-state index in [4.69, 9.17) is 0 Å². The van der Waals surface area contributed by atoms with E-state index in [2.05, 4.69) is 5.32 Å². The molecular formula is C23H29N3O4S. The number of nitrogens with zero attached hydrogens (tertiary/aromatic N) is 2. The van der Waals surface area contributed by atoms with E-state index in [1.54, 1.807) is 12.1 Å². The highest BCUT2D eigenvalue weighted by atomic mass is 32.2. The summed E-state index contributed by atoms with van der Waals surface area (Å²) >= 11 is 0. The van der Waals surface area contributed by atoms with Crippen molar-refractivity contribution in [1.29, 1.82) is 0 Å². The predicted molar refractivity (Wildman–Crippen MR) is 121 cm³/mol. The Bertz CT molecular complexity index is 1060. The van der Waals surface area contributed by atoms with Gasteiger partial charge in [-0.1, -0.05) is 30.3 Å². The topological polar surface area (TPSA) is 86.8 Å². The molecule has 0 saturated carbocycles. The third-order valence-corrected chi connectivity index (χ3v) is 6.35. The number of sulfonamides is 1. The lowest BCUT2D eigenvalue weighted by atomic mass is 10.1. The standard InChI is InChI=1S/C23H29N3O4S/c1-17-10-18(2)12-21(11-17)26(31(3,29)30)16-22(27)24-14-19-6-4-7-20(13-19)15-25-9-5-8-23(25)28/h4,6-7,10-13H,5,8-9,14-16H2,1-3H3,(H,24,27). The summed E-state index contributed by atoms with van der Waals surface area (Å²) in [6, 6.07) is 13.2. The summed E-state index contributed by atoms with van der Waals surface area (Å²) in [7, 11) is -3.62. The van der Waals surface area contributed by atoms with Crippen molar-refractivity contribution in [3.8, 4) is 0 Å². The molecule has 166 valence electrons. The second-order valence-electron chi connectivity index (χ2n) is 8.13. The Morgan fingerprint density at radius 3 is 2.39 bits per heavy atom. The molecule has 0 aliphatic carbocycles. The summed E-state index contributed by atoms with van der Waals surface area (Å²) in [5.74, 6) is -0.212. The highest BCUT2D eigenvalue weighted by Gasteiger charge is 2.22. The molecule has 1 N–H and O–H groups in total. The Balaban J connectivity index is 1.64. The van der Waals surface area contributed by atoms with Crippen LogP contribution in [0.25, 0.3) is 0 Å². The van der Waals surface area contributed by atoms with Gasteiger partial charge in [0.05, 0.1) is 11.9 Å². The number of aryl methyl sites for hydroxylation is 2. The molecule has 1 heterocycles. The molecule has 3 rings (SSSR count). The van der Waals surface area contributed by atoms with Gasteiger partial charge in [0.2, 0.25) is 21.8 Å². The molecule has 2 aromatic rings. The van der Waals surface area contributed by atoms with Crippen molar-refractivity contribution in [3.63, 3.8) is 0 Å². The summed E-state index contributed by atoms with van der Waals surface area (Å²) in [6.07, 6.45) is 2.60. The molecular weight excluding hydrogens is 414 g/mol. The van der Waals surface area contributed by atoms with Gasteiger partial charge in [0, 0.05) is 26.1 Å². The minimum absolute atomic E-state index is 0.172. The maximum Gasteiger partial charge on any atom is 0.241 e. The molecule has 0 radical (unpaired) electrons. The molecule has 0 aromatic heterocycles. The zero-order chi connectivity index (χ0) is 22.6. The van der Waals surface area contributed by atoms with Gasteiger partial charge in [0.25, 0.3) is 0 Å². The fourth-order valence-electron chi connectivity index (χ4n) is 3.81. The molecule has 1 fully saturated rings. The number of nitrogens with one attached hydrogen (secondary N) is 1. The van der Waals surface area contributed by atoms with Crippen LogP contribution in [0.4, 0.5) is 5.69 Å². The van der Waals surface area contributed by atoms with Crippen molar-refractivity contribution in [2.24, 2.45) is 0 Å². The maximum absolute atomic E-state index is 12.6. The molecule has 2 amide bonds. The monoisotopic (exact) mass is 443 g/mol.